The minimum absolute atomic E-state index is 0.0279. The van der Waals surface area contributed by atoms with Crippen LogP contribution in [0.2, 0.25) is 0 Å². The molecule has 2 atom stereocenters. The van der Waals surface area contributed by atoms with Gasteiger partial charge in [0.2, 0.25) is 0 Å². The number of carbonyl (C=O) groups is 1. The highest BCUT2D eigenvalue weighted by atomic mass is 16.1. The molecule has 0 aliphatic carbocycles. The van der Waals surface area contributed by atoms with Gasteiger partial charge in [-0.15, -0.1) is 0 Å². The number of benzene rings is 1. The highest BCUT2D eigenvalue weighted by molar-refractivity contribution is 5.99. The first-order chi connectivity index (χ1) is 9.97. The molecule has 2 rings (SSSR count). The van der Waals surface area contributed by atoms with E-state index in [0.29, 0.717) is 12.0 Å². The molecule has 1 heterocycles. The van der Waals surface area contributed by atoms with E-state index in [2.05, 4.69) is 43.4 Å². The lowest BCUT2D eigenvalue weighted by atomic mass is 9.94. The summed E-state index contributed by atoms with van der Waals surface area (Å²) in [6.07, 6.45) is 1.02. The zero-order valence-electron chi connectivity index (χ0n) is 13.5. The molecular weight excluding hydrogens is 262 g/mol. The zero-order chi connectivity index (χ0) is 15.4. The second kappa shape index (κ2) is 6.94. The van der Waals surface area contributed by atoms with Crippen molar-refractivity contribution in [2.24, 2.45) is 5.92 Å². The lowest BCUT2D eigenvalue weighted by molar-refractivity contribution is 0.0884. The number of carbonyl (C=O) groups excluding carboxylic acids is 1. The lowest BCUT2D eigenvalue weighted by Gasteiger charge is -2.35. The summed E-state index contributed by atoms with van der Waals surface area (Å²) in [5, 5.41) is 6.55. The molecule has 4 nitrogen and oxygen atoms in total. The second-order valence-corrected chi connectivity index (χ2v) is 6.45. The topological polar surface area (TPSA) is 44.4 Å². The molecule has 2 N–H and O–H groups in total. The van der Waals surface area contributed by atoms with E-state index in [1.807, 2.05) is 24.3 Å². The molecule has 1 amide bonds. The summed E-state index contributed by atoms with van der Waals surface area (Å²) in [5.41, 5.74) is 1.64. The quantitative estimate of drug-likeness (QED) is 0.895. The minimum Gasteiger partial charge on any atom is -0.382 e. The van der Waals surface area contributed by atoms with Crippen LogP contribution in [-0.4, -0.2) is 43.0 Å². The van der Waals surface area contributed by atoms with Crippen molar-refractivity contribution in [1.29, 1.82) is 0 Å². The van der Waals surface area contributed by atoms with Crippen molar-refractivity contribution >= 4 is 11.6 Å². The van der Waals surface area contributed by atoms with Crippen LogP contribution in [-0.2, 0) is 0 Å². The normalized spacial score (nSPS) is 23.1. The predicted molar refractivity (Wildman–Crippen MR) is 87.7 cm³/mol. The lowest BCUT2D eigenvalue weighted by Crippen LogP contribution is -2.49. The Morgan fingerprint density at radius 1 is 1.33 bits per heavy atom. The van der Waals surface area contributed by atoms with E-state index in [9.17, 15) is 4.79 Å². The first kappa shape index (κ1) is 15.8. The second-order valence-electron chi connectivity index (χ2n) is 6.45. The molecule has 116 valence electrons. The van der Waals surface area contributed by atoms with Crippen molar-refractivity contribution < 1.29 is 4.79 Å². The molecule has 4 heteroatoms. The number of hydrogen-bond acceptors (Lipinski definition) is 3. The smallest absolute Gasteiger partial charge is 0.253 e. The standard InChI is InChI=1S/C17H27N3O/c1-12(2)18-16-8-6-5-7-14(16)17(21)19-15-9-10-20(4)11-13(15)3/h5-8,12-13,15,18H,9-11H2,1-4H3,(H,19,21). The van der Waals surface area contributed by atoms with Crippen molar-refractivity contribution in [3.8, 4) is 0 Å². The van der Waals surface area contributed by atoms with E-state index in [1.54, 1.807) is 0 Å². The molecule has 0 aromatic heterocycles. The van der Waals surface area contributed by atoms with Gasteiger partial charge in [0.25, 0.3) is 5.91 Å². The van der Waals surface area contributed by atoms with E-state index in [4.69, 9.17) is 0 Å². The van der Waals surface area contributed by atoms with Crippen LogP contribution in [0.4, 0.5) is 5.69 Å². The van der Waals surface area contributed by atoms with Crippen LogP contribution in [0.5, 0.6) is 0 Å². The Kier molecular flexibility index (Phi) is 5.23. The van der Waals surface area contributed by atoms with Gasteiger partial charge in [0.15, 0.2) is 0 Å². The minimum atomic E-state index is 0.0279. The Balaban J connectivity index is 2.06. The van der Waals surface area contributed by atoms with E-state index in [-0.39, 0.29) is 11.9 Å². The highest BCUT2D eigenvalue weighted by Crippen LogP contribution is 2.19. The molecule has 0 radical (unpaired) electrons. The Labute approximate surface area is 127 Å². The maximum atomic E-state index is 12.6. The fraction of sp³-hybridized carbons (Fsp3) is 0.588. The van der Waals surface area contributed by atoms with E-state index in [1.165, 1.54) is 0 Å². The zero-order valence-corrected chi connectivity index (χ0v) is 13.5. The molecule has 2 unspecified atom stereocenters. The van der Waals surface area contributed by atoms with Crippen LogP contribution in [0, 0.1) is 5.92 Å². The Morgan fingerprint density at radius 2 is 2.05 bits per heavy atom. The van der Waals surface area contributed by atoms with Crippen LogP contribution >= 0.6 is 0 Å². The van der Waals surface area contributed by atoms with Crippen molar-refractivity contribution in [1.82, 2.24) is 10.2 Å². The van der Waals surface area contributed by atoms with Gasteiger partial charge in [-0.2, -0.15) is 0 Å². The van der Waals surface area contributed by atoms with Crippen molar-refractivity contribution in [3.05, 3.63) is 29.8 Å². The molecule has 1 aliphatic heterocycles. The molecule has 21 heavy (non-hydrogen) atoms. The van der Waals surface area contributed by atoms with Crippen LogP contribution in [0.15, 0.2) is 24.3 Å². The number of likely N-dealkylation sites (tertiary alicyclic amines) is 1. The third kappa shape index (κ3) is 4.21. The van der Waals surface area contributed by atoms with Gasteiger partial charge in [-0.05, 0) is 51.9 Å². The van der Waals surface area contributed by atoms with Gasteiger partial charge >= 0.3 is 0 Å². The van der Waals surface area contributed by atoms with Gasteiger partial charge in [0.05, 0.1) is 5.56 Å². The number of anilines is 1. The molecule has 1 aliphatic rings. The van der Waals surface area contributed by atoms with Crippen LogP contribution < -0.4 is 10.6 Å². The number of nitrogens with zero attached hydrogens (tertiary/aromatic N) is 1. The summed E-state index contributed by atoms with van der Waals surface area (Å²) in [7, 11) is 2.14. The number of piperidine rings is 1. The third-order valence-corrected chi connectivity index (χ3v) is 4.04. The summed E-state index contributed by atoms with van der Waals surface area (Å²) >= 11 is 0. The average molecular weight is 289 g/mol. The number of hydrogen-bond donors (Lipinski definition) is 2. The van der Waals surface area contributed by atoms with Crippen LogP contribution in [0.1, 0.15) is 37.6 Å². The maximum Gasteiger partial charge on any atom is 0.253 e. The van der Waals surface area contributed by atoms with E-state index in [0.717, 1.165) is 30.8 Å². The SMILES string of the molecule is CC(C)Nc1ccccc1C(=O)NC1CCN(C)CC1C. The summed E-state index contributed by atoms with van der Waals surface area (Å²) in [4.78, 5) is 14.9. The Hall–Kier alpha value is -1.55. The monoisotopic (exact) mass is 289 g/mol. The summed E-state index contributed by atoms with van der Waals surface area (Å²) in [6, 6.07) is 8.30. The first-order valence-corrected chi connectivity index (χ1v) is 7.82. The first-order valence-electron chi connectivity index (χ1n) is 7.82. The van der Waals surface area contributed by atoms with Crippen molar-refractivity contribution in [3.63, 3.8) is 0 Å². The Morgan fingerprint density at radius 3 is 2.71 bits per heavy atom. The predicted octanol–water partition coefficient (Wildman–Crippen LogP) is 2.58. The van der Waals surface area contributed by atoms with E-state index < -0.39 is 0 Å². The Bertz CT molecular complexity index is 487. The van der Waals surface area contributed by atoms with Gasteiger partial charge in [0, 0.05) is 24.3 Å². The van der Waals surface area contributed by atoms with Gasteiger partial charge in [0.1, 0.15) is 0 Å². The number of amides is 1. The number of nitrogens with one attached hydrogen (secondary N) is 2. The molecule has 0 bridgehead atoms. The van der Waals surface area contributed by atoms with Gasteiger partial charge in [-0.3, -0.25) is 4.79 Å². The summed E-state index contributed by atoms with van der Waals surface area (Å²) in [5.74, 6) is 0.512. The van der Waals surface area contributed by atoms with Crippen molar-refractivity contribution in [2.45, 2.75) is 39.3 Å². The summed E-state index contributed by atoms with van der Waals surface area (Å²) < 4.78 is 0. The van der Waals surface area contributed by atoms with Crippen LogP contribution in [0.3, 0.4) is 0 Å². The largest absolute Gasteiger partial charge is 0.382 e. The van der Waals surface area contributed by atoms with Crippen LogP contribution in [0.25, 0.3) is 0 Å². The average Bonchev–Trinajstić information content (AvgIpc) is 2.42. The molecule has 1 aromatic rings. The third-order valence-electron chi connectivity index (χ3n) is 4.04. The highest BCUT2D eigenvalue weighted by Gasteiger charge is 2.26. The molecule has 1 aromatic carbocycles. The fourth-order valence-corrected chi connectivity index (χ4v) is 2.93. The molecule has 1 fully saturated rings. The molecule has 1 saturated heterocycles. The molecule has 0 spiro atoms. The molecular formula is C17H27N3O. The summed E-state index contributed by atoms with van der Waals surface area (Å²) in [6.45, 7) is 8.44. The van der Waals surface area contributed by atoms with Gasteiger partial charge < -0.3 is 15.5 Å². The number of para-hydroxylation sites is 1. The number of rotatable bonds is 4. The van der Waals surface area contributed by atoms with Crippen molar-refractivity contribution in [2.75, 3.05) is 25.5 Å². The van der Waals surface area contributed by atoms with E-state index >= 15 is 0 Å². The fourth-order valence-electron chi connectivity index (χ4n) is 2.93. The maximum absolute atomic E-state index is 12.6. The van der Waals surface area contributed by atoms with Gasteiger partial charge in [-0.1, -0.05) is 19.1 Å². The molecule has 0 saturated carbocycles. The van der Waals surface area contributed by atoms with Gasteiger partial charge in [-0.25, -0.2) is 0 Å².